The second-order valence-electron chi connectivity index (χ2n) is 4.68. The summed E-state index contributed by atoms with van der Waals surface area (Å²) in [5.41, 5.74) is 3.27. The van der Waals surface area contributed by atoms with Crippen molar-refractivity contribution < 1.29 is 0 Å². The molecule has 0 saturated heterocycles. The number of nitrogens with one attached hydrogen (secondary N) is 3. The second kappa shape index (κ2) is 5.49. The Balaban J connectivity index is 2.00. The average Bonchev–Trinajstić information content (AvgIpc) is 2.93. The zero-order valence-electron chi connectivity index (χ0n) is 11.4. The lowest BCUT2D eigenvalue weighted by Gasteiger charge is -2.04. The Morgan fingerprint density at radius 2 is 1.86 bits per heavy atom. The summed E-state index contributed by atoms with van der Waals surface area (Å²) in [4.78, 5) is 19.1. The van der Waals surface area contributed by atoms with Crippen LogP contribution in [0.2, 0.25) is 0 Å². The molecule has 106 valence electrons. The topological polar surface area (TPSA) is 77.3 Å². The fraction of sp³-hybridized carbons (Fsp3) is 0.133. The molecule has 21 heavy (non-hydrogen) atoms. The van der Waals surface area contributed by atoms with Crippen molar-refractivity contribution in [3.05, 3.63) is 57.1 Å². The van der Waals surface area contributed by atoms with Crippen LogP contribution >= 0.6 is 12.2 Å². The van der Waals surface area contributed by atoms with E-state index in [2.05, 4.69) is 39.2 Å². The van der Waals surface area contributed by atoms with E-state index in [4.69, 9.17) is 12.2 Å². The van der Waals surface area contributed by atoms with E-state index in [9.17, 15) is 4.79 Å². The van der Waals surface area contributed by atoms with Gasteiger partial charge in [0.15, 0.2) is 5.82 Å². The SMILES string of the molecule is CCc1ccc(-c2ccc(-c3nc(=S)[nH][nH]3)c(=O)[nH]2)cc1. The number of benzene rings is 1. The summed E-state index contributed by atoms with van der Waals surface area (Å²) >= 11 is 4.89. The van der Waals surface area contributed by atoms with E-state index in [0.29, 0.717) is 16.2 Å². The monoisotopic (exact) mass is 298 g/mol. The van der Waals surface area contributed by atoms with Gasteiger partial charge in [0.25, 0.3) is 5.56 Å². The maximum atomic E-state index is 12.2. The normalized spacial score (nSPS) is 10.7. The number of pyridine rings is 1. The number of rotatable bonds is 3. The molecule has 1 aromatic carbocycles. The van der Waals surface area contributed by atoms with Gasteiger partial charge in [-0.15, -0.1) is 0 Å². The number of aromatic nitrogens is 4. The Morgan fingerprint density at radius 3 is 2.43 bits per heavy atom. The second-order valence-corrected chi connectivity index (χ2v) is 5.07. The predicted molar refractivity (Wildman–Crippen MR) is 84.6 cm³/mol. The fourth-order valence-corrected chi connectivity index (χ4v) is 2.29. The molecule has 3 aromatic rings. The molecule has 0 bridgehead atoms. The minimum atomic E-state index is -0.204. The smallest absolute Gasteiger partial charge is 0.259 e. The minimum absolute atomic E-state index is 0.204. The van der Waals surface area contributed by atoms with Crippen LogP contribution in [0.15, 0.2) is 41.2 Å². The van der Waals surface area contributed by atoms with Crippen LogP contribution < -0.4 is 5.56 Å². The number of nitrogens with zero attached hydrogens (tertiary/aromatic N) is 1. The molecule has 0 spiro atoms. The molecule has 0 saturated carbocycles. The van der Waals surface area contributed by atoms with Gasteiger partial charge in [-0.05, 0) is 41.9 Å². The number of aromatic amines is 3. The maximum Gasteiger partial charge on any atom is 0.259 e. The number of H-pyrrole nitrogens is 3. The average molecular weight is 298 g/mol. The fourth-order valence-electron chi connectivity index (χ4n) is 2.15. The summed E-state index contributed by atoms with van der Waals surface area (Å²) in [7, 11) is 0. The van der Waals surface area contributed by atoms with Gasteiger partial charge in [0, 0.05) is 5.69 Å². The van der Waals surface area contributed by atoms with Gasteiger partial charge in [-0.1, -0.05) is 31.2 Å². The molecular weight excluding hydrogens is 284 g/mol. The standard InChI is InChI=1S/C15H14N4OS/c1-2-9-3-5-10(6-4-9)12-8-7-11(14(20)16-12)13-17-15(21)19-18-13/h3-8H,2H2,1H3,(H,16,20)(H2,17,18,19,21). The van der Waals surface area contributed by atoms with Crippen molar-refractivity contribution in [3.63, 3.8) is 0 Å². The Hall–Kier alpha value is -2.47. The van der Waals surface area contributed by atoms with Gasteiger partial charge in [-0.2, -0.15) is 4.98 Å². The summed E-state index contributed by atoms with van der Waals surface area (Å²) in [5.74, 6) is 0.439. The zero-order chi connectivity index (χ0) is 14.8. The van der Waals surface area contributed by atoms with E-state index in [0.717, 1.165) is 17.7 Å². The number of aryl methyl sites for hydroxylation is 1. The molecule has 0 unspecified atom stereocenters. The van der Waals surface area contributed by atoms with Crippen molar-refractivity contribution in [1.29, 1.82) is 0 Å². The molecule has 2 heterocycles. The van der Waals surface area contributed by atoms with Crippen LogP contribution in [0.4, 0.5) is 0 Å². The van der Waals surface area contributed by atoms with Crippen molar-refractivity contribution in [3.8, 4) is 22.6 Å². The molecule has 2 aromatic heterocycles. The zero-order valence-corrected chi connectivity index (χ0v) is 12.3. The first-order chi connectivity index (χ1) is 10.2. The van der Waals surface area contributed by atoms with E-state index in [1.807, 2.05) is 18.2 Å². The maximum absolute atomic E-state index is 12.2. The van der Waals surface area contributed by atoms with Gasteiger partial charge in [0.1, 0.15) is 0 Å². The molecule has 3 rings (SSSR count). The largest absolute Gasteiger partial charge is 0.321 e. The molecule has 0 radical (unpaired) electrons. The molecule has 0 atom stereocenters. The third kappa shape index (κ3) is 2.71. The van der Waals surface area contributed by atoms with Gasteiger partial charge in [-0.25, -0.2) is 0 Å². The van der Waals surface area contributed by atoms with Gasteiger partial charge in [0.2, 0.25) is 4.77 Å². The van der Waals surface area contributed by atoms with E-state index in [1.54, 1.807) is 6.07 Å². The quantitative estimate of drug-likeness (QED) is 0.650. The molecule has 6 heteroatoms. The third-order valence-electron chi connectivity index (χ3n) is 3.34. The Morgan fingerprint density at radius 1 is 1.10 bits per heavy atom. The molecule has 5 nitrogen and oxygen atoms in total. The van der Waals surface area contributed by atoms with Crippen LogP contribution in [0.5, 0.6) is 0 Å². The van der Waals surface area contributed by atoms with Crippen LogP contribution in [0.25, 0.3) is 22.6 Å². The van der Waals surface area contributed by atoms with Gasteiger partial charge in [-0.3, -0.25) is 15.0 Å². The van der Waals surface area contributed by atoms with Gasteiger partial charge < -0.3 is 4.98 Å². The lowest BCUT2D eigenvalue weighted by Crippen LogP contribution is -2.10. The van der Waals surface area contributed by atoms with Gasteiger partial charge >= 0.3 is 0 Å². The molecule has 0 amide bonds. The molecule has 3 N–H and O–H groups in total. The highest BCUT2D eigenvalue weighted by Crippen LogP contribution is 2.18. The molecule has 0 aliphatic rings. The first-order valence-corrected chi connectivity index (χ1v) is 7.06. The number of hydrogen-bond acceptors (Lipinski definition) is 3. The van der Waals surface area contributed by atoms with Crippen LogP contribution in [-0.4, -0.2) is 20.2 Å². The van der Waals surface area contributed by atoms with Crippen molar-refractivity contribution in [2.75, 3.05) is 0 Å². The van der Waals surface area contributed by atoms with Crippen molar-refractivity contribution in [1.82, 2.24) is 20.2 Å². The summed E-state index contributed by atoms with van der Waals surface area (Å²) in [6, 6.07) is 11.7. The third-order valence-corrected chi connectivity index (χ3v) is 3.53. The highest BCUT2D eigenvalue weighted by atomic mass is 32.1. The summed E-state index contributed by atoms with van der Waals surface area (Å²) in [6.07, 6.45) is 0.994. The Bertz CT molecular complexity index is 873. The van der Waals surface area contributed by atoms with Gasteiger partial charge in [0.05, 0.1) is 5.56 Å². The first kappa shape index (κ1) is 13.5. The Kier molecular flexibility index (Phi) is 3.53. The summed E-state index contributed by atoms with van der Waals surface area (Å²) < 4.78 is 0.323. The van der Waals surface area contributed by atoms with Crippen molar-refractivity contribution >= 4 is 12.2 Å². The van der Waals surface area contributed by atoms with Crippen LogP contribution in [0.1, 0.15) is 12.5 Å². The first-order valence-electron chi connectivity index (χ1n) is 6.65. The van der Waals surface area contributed by atoms with Crippen LogP contribution in [0.3, 0.4) is 0 Å². The molecule has 0 aliphatic heterocycles. The van der Waals surface area contributed by atoms with E-state index < -0.39 is 0 Å². The minimum Gasteiger partial charge on any atom is -0.321 e. The molecule has 0 fully saturated rings. The predicted octanol–water partition coefficient (Wildman–Crippen LogP) is 3.05. The van der Waals surface area contributed by atoms with E-state index >= 15 is 0 Å². The summed E-state index contributed by atoms with van der Waals surface area (Å²) in [6.45, 7) is 2.11. The lowest BCUT2D eigenvalue weighted by molar-refractivity contribution is 1.08. The van der Waals surface area contributed by atoms with E-state index in [-0.39, 0.29) is 5.56 Å². The van der Waals surface area contributed by atoms with Crippen LogP contribution in [0, 0.1) is 4.77 Å². The number of hydrogen-bond donors (Lipinski definition) is 3. The molecule has 0 aliphatic carbocycles. The lowest BCUT2D eigenvalue weighted by atomic mass is 10.1. The van der Waals surface area contributed by atoms with Crippen LogP contribution in [-0.2, 0) is 6.42 Å². The summed E-state index contributed by atoms with van der Waals surface area (Å²) in [5, 5.41) is 5.46. The van der Waals surface area contributed by atoms with Crippen molar-refractivity contribution in [2.24, 2.45) is 0 Å². The highest BCUT2D eigenvalue weighted by molar-refractivity contribution is 7.71. The highest BCUT2D eigenvalue weighted by Gasteiger charge is 2.08. The van der Waals surface area contributed by atoms with Crippen molar-refractivity contribution in [2.45, 2.75) is 13.3 Å². The Labute approximate surface area is 126 Å². The molecular formula is C15H14N4OS. The van der Waals surface area contributed by atoms with E-state index in [1.165, 1.54) is 5.56 Å².